The topological polar surface area (TPSA) is 61.5 Å². The largest absolute Gasteiger partial charge is 0.513 e. The molecule has 82 valence electrons. The van der Waals surface area contributed by atoms with Crippen LogP contribution in [0.4, 0.5) is 10.5 Å². The molecule has 0 aliphatic heterocycles. The maximum Gasteiger partial charge on any atom is 0.513 e. The van der Waals surface area contributed by atoms with E-state index in [0.717, 1.165) is 0 Å². The number of thiol groups is 1. The number of hydrogen-bond acceptors (Lipinski definition) is 6. The van der Waals surface area contributed by atoms with Gasteiger partial charge in [-0.25, -0.2) is 4.79 Å². The van der Waals surface area contributed by atoms with Crippen LogP contribution in [0.3, 0.4) is 0 Å². The van der Waals surface area contributed by atoms with Crippen LogP contribution in [-0.2, 0) is 4.74 Å². The summed E-state index contributed by atoms with van der Waals surface area (Å²) in [6.07, 6.45) is -0.720. The van der Waals surface area contributed by atoms with Gasteiger partial charge in [-0.1, -0.05) is 10.8 Å². The predicted molar refractivity (Wildman–Crippen MR) is 64.3 cm³/mol. The third-order valence-corrected chi connectivity index (χ3v) is 2.37. The van der Waals surface area contributed by atoms with Gasteiger partial charge in [0.05, 0.1) is 0 Å². The molecule has 0 radical (unpaired) electrons. The molecular formula is C9H11NO3S2. The molecule has 0 fully saturated rings. The highest BCUT2D eigenvalue weighted by Gasteiger charge is 2.04. The zero-order valence-electron chi connectivity index (χ0n) is 7.88. The molecule has 0 heterocycles. The minimum absolute atomic E-state index is 0.280. The van der Waals surface area contributed by atoms with Gasteiger partial charge in [-0.15, -0.1) is 11.7 Å². The lowest BCUT2D eigenvalue weighted by atomic mass is 10.3. The normalized spacial score (nSPS) is 9.67. The summed E-state index contributed by atoms with van der Waals surface area (Å²) in [5.74, 6) is 1.03. The minimum atomic E-state index is -0.720. The van der Waals surface area contributed by atoms with Crippen LogP contribution >= 0.6 is 22.5 Å². The second-order valence-electron chi connectivity index (χ2n) is 2.60. The highest BCUT2D eigenvalue weighted by molar-refractivity contribution is 8.68. The van der Waals surface area contributed by atoms with Gasteiger partial charge in [-0.3, -0.25) is 0 Å². The third-order valence-electron chi connectivity index (χ3n) is 1.48. The molecule has 0 saturated carbocycles. The molecular weight excluding hydrogens is 234 g/mol. The van der Waals surface area contributed by atoms with Crippen molar-refractivity contribution in [3.63, 3.8) is 0 Å². The summed E-state index contributed by atoms with van der Waals surface area (Å²) in [7, 11) is 1.30. The number of rotatable bonds is 4. The smallest absolute Gasteiger partial charge is 0.433 e. The molecule has 6 heteroatoms. The number of nitrogen functional groups attached to an aromatic ring is 1. The van der Waals surface area contributed by atoms with E-state index in [1.165, 1.54) is 10.8 Å². The lowest BCUT2D eigenvalue weighted by Gasteiger charge is -2.04. The van der Waals surface area contributed by atoms with Crippen molar-refractivity contribution in [3.05, 3.63) is 24.3 Å². The second-order valence-corrected chi connectivity index (χ2v) is 4.04. The van der Waals surface area contributed by atoms with E-state index < -0.39 is 6.16 Å². The molecule has 0 amide bonds. The minimum Gasteiger partial charge on any atom is -0.433 e. The number of hydrogen-bond donors (Lipinski definition) is 2. The van der Waals surface area contributed by atoms with Crippen LogP contribution < -0.4 is 10.5 Å². The molecule has 0 bridgehead atoms. The van der Waals surface area contributed by atoms with E-state index >= 15 is 0 Å². The standard InChI is InChI=1S/C9H11NO3S2/c10-7-1-3-8(4-2-7)13-9(11)12-5-6-15-14/h1-4,14H,5-6,10H2. The highest BCUT2D eigenvalue weighted by atomic mass is 33.1. The highest BCUT2D eigenvalue weighted by Crippen LogP contribution is 2.13. The molecule has 15 heavy (non-hydrogen) atoms. The fraction of sp³-hybridized carbons (Fsp3) is 0.222. The molecule has 0 aromatic heterocycles. The summed E-state index contributed by atoms with van der Waals surface area (Å²) < 4.78 is 9.62. The van der Waals surface area contributed by atoms with Crippen molar-refractivity contribution in [1.82, 2.24) is 0 Å². The van der Waals surface area contributed by atoms with Gasteiger partial charge >= 0.3 is 6.16 Å². The van der Waals surface area contributed by atoms with Gasteiger partial charge in [0.2, 0.25) is 0 Å². The number of anilines is 1. The molecule has 0 unspecified atom stereocenters. The molecule has 2 N–H and O–H groups in total. The number of carbonyl (C=O) groups is 1. The van der Waals surface area contributed by atoms with Crippen molar-refractivity contribution in [2.45, 2.75) is 0 Å². The van der Waals surface area contributed by atoms with Gasteiger partial charge < -0.3 is 15.2 Å². The Labute approximate surface area is 96.9 Å². The number of ether oxygens (including phenoxy) is 2. The first-order valence-electron chi connectivity index (χ1n) is 4.19. The van der Waals surface area contributed by atoms with Gasteiger partial charge in [0, 0.05) is 11.4 Å². The van der Waals surface area contributed by atoms with Crippen LogP contribution in [0, 0.1) is 0 Å². The number of benzene rings is 1. The van der Waals surface area contributed by atoms with E-state index in [9.17, 15) is 4.79 Å². The molecule has 1 rings (SSSR count). The number of carbonyl (C=O) groups excluding carboxylic acids is 1. The predicted octanol–water partition coefficient (Wildman–Crippen LogP) is 2.36. The molecule has 4 nitrogen and oxygen atoms in total. The van der Waals surface area contributed by atoms with Crippen molar-refractivity contribution >= 4 is 34.3 Å². The van der Waals surface area contributed by atoms with Crippen LogP contribution in [0.5, 0.6) is 5.75 Å². The Balaban J connectivity index is 2.34. The molecule has 0 spiro atoms. The van der Waals surface area contributed by atoms with Gasteiger partial charge in [-0.05, 0) is 24.3 Å². The fourth-order valence-corrected chi connectivity index (χ4v) is 1.21. The first-order chi connectivity index (χ1) is 7.22. The van der Waals surface area contributed by atoms with Crippen molar-refractivity contribution < 1.29 is 14.3 Å². The van der Waals surface area contributed by atoms with E-state index in [1.807, 2.05) is 0 Å². The Hall–Kier alpha value is -1.01. The van der Waals surface area contributed by atoms with E-state index in [-0.39, 0.29) is 6.61 Å². The van der Waals surface area contributed by atoms with Crippen LogP contribution in [0.1, 0.15) is 0 Å². The molecule has 0 saturated heterocycles. The summed E-state index contributed by atoms with van der Waals surface area (Å²) in [6.45, 7) is 0.280. The van der Waals surface area contributed by atoms with E-state index in [0.29, 0.717) is 17.2 Å². The summed E-state index contributed by atoms with van der Waals surface area (Å²) in [6, 6.07) is 6.49. The van der Waals surface area contributed by atoms with Crippen molar-refractivity contribution in [2.24, 2.45) is 0 Å². The van der Waals surface area contributed by atoms with Crippen molar-refractivity contribution in [2.75, 3.05) is 18.1 Å². The summed E-state index contributed by atoms with van der Waals surface area (Å²) in [4.78, 5) is 11.1. The number of nitrogens with two attached hydrogens (primary N) is 1. The van der Waals surface area contributed by atoms with Crippen LogP contribution in [-0.4, -0.2) is 18.5 Å². The van der Waals surface area contributed by atoms with Crippen LogP contribution in [0.15, 0.2) is 24.3 Å². The Morgan fingerprint density at radius 3 is 2.67 bits per heavy atom. The Morgan fingerprint density at radius 2 is 2.07 bits per heavy atom. The lowest BCUT2D eigenvalue weighted by Crippen LogP contribution is -2.12. The molecule has 0 aliphatic carbocycles. The van der Waals surface area contributed by atoms with E-state index in [1.54, 1.807) is 24.3 Å². The van der Waals surface area contributed by atoms with Crippen molar-refractivity contribution in [3.8, 4) is 5.75 Å². The van der Waals surface area contributed by atoms with Gasteiger partial charge in [-0.2, -0.15) is 0 Å². The zero-order chi connectivity index (χ0) is 11.1. The monoisotopic (exact) mass is 245 g/mol. The maximum absolute atomic E-state index is 11.1. The Bertz CT molecular complexity index is 316. The van der Waals surface area contributed by atoms with Gasteiger partial charge in [0.15, 0.2) is 0 Å². The lowest BCUT2D eigenvalue weighted by molar-refractivity contribution is 0.105. The van der Waals surface area contributed by atoms with Crippen LogP contribution in [0.25, 0.3) is 0 Å². The third kappa shape index (κ3) is 4.85. The first kappa shape index (κ1) is 12.1. The molecule has 1 aromatic carbocycles. The van der Waals surface area contributed by atoms with E-state index in [4.69, 9.17) is 15.2 Å². The Kier molecular flexibility index (Phi) is 5.20. The van der Waals surface area contributed by atoms with E-state index in [2.05, 4.69) is 11.7 Å². The SMILES string of the molecule is Nc1ccc(OC(=O)OCCSS)cc1. The summed E-state index contributed by atoms with van der Waals surface area (Å²) in [5, 5.41) is 0. The summed E-state index contributed by atoms with van der Waals surface area (Å²) >= 11 is 3.90. The summed E-state index contributed by atoms with van der Waals surface area (Å²) in [5.41, 5.74) is 6.09. The quantitative estimate of drug-likeness (QED) is 0.213. The second kappa shape index (κ2) is 6.47. The first-order valence-corrected chi connectivity index (χ1v) is 6.22. The fourth-order valence-electron chi connectivity index (χ4n) is 0.824. The maximum atomic E-state index is 11.1. The van der Waals surface area contributed by atoms with Gasteiger partial charge in [0.1, 0.15) is 12.4 Å². The Morgan fingerprint density at radius 1 is 1.40 bits per heavy atom. The van der Waals surface area contributed by atoms with Gasteiger partial charge in [0.25, 0.3) is 0 Å². The zero-order valence-corrected chi connectivity index (χ0v) is 9.59. The molecule has 1 aromatic rings. The molecule has 0 aliphatic rings. The molecule has 0 atom stereocenters. The average Bonchev–Trinajstić information content (AvgIpc) is 2.22. The van der Waals surface area contributed by atoms with Crippen LogP contribution in [0.2, 0.25) is 0 Å². The average molecular weight is 245 g/mol. The van der Waals surface area contributed by atoms with Crippen molar-refractivity contribution in [1.29, 1.82) is 0 Å².